The minimum absolute atomic E-state index is 0.0237. The van der Waals surface area contributed by atoms with Gasteiger partial charge in [0.15, 0.2) is 0 Å². The van der Waals surface area contributed by atoms with Gasteiger partial charge in [-0.2, -0.15) is 0 Å². The smallest absolute Gasteiger partial charge is 0.0693 e. The molecule has 0 saturated heterocycles. The quantitative estimate of drug-likeness (QED) is 0.625. The maximum atomic E-state index is 9.10. The van der Waals surface area contributed by atoms with E-state index in [4.69, 9.17) is 21.4 Å². The molecule has 0 aromatic heterocycles. The van der Waals surface area contributed by atoms with Gasteiger partial charge in [0.1, 0.15) is 0 Å². The van der Waals surface area contributed by atoms with E-state index in [0.717, 1.165) is 16.2 Å². The van der Waals surface area contributed by atoms with Gasteiger partial charge in [-0.15, -0.1) is 11.8 Å². The van der Waals surface area contributed by atoms with Crippen molar-refractivity contribution in [2.45, 2.75) is 11.5 Å². The first-order chi connectivity index (χ1) is 6.77. The second kappa shape index (κ2) is 6.30. The van der Waals surface area contributed by atoms with Gasteiger partial charge in [0.05, 0.1) is 13.2 Å². The number of aliphatic hydroxyl groups excluding tert-OH is 1. The number of hydrogen-bond donors (Lipinski definition) is 1. The molecule has 1 rings (SSSR count). The van der Waals surface area contributed by atoms with Gasteiger partial charge in [0, 0.05) is 22.8 Å². The zero-order valence-electron chi connectivity index (χ0n) is 8.00. The number of thioether (sulfide) groups is 1. The molecule has 78 valence electrons. The summed E-state index contributed by atoms with van der Waals surface area (Å²) >= 11 is 7.47. The van der Waals surface area contributed by atoms with Crippen LogP contribution >= 0.6 is 23.4 Å². The molecule has 0 saturated carbocycles. The first kappa shape index (κ1) is 11.9. The molecule has 0 aliphatic rings. The van der Waals surface area contributed by atoms with Crippen molar-refractivity contribution < 1.29 is 9.84 Å². The lowest BCUT2D eigenvalue weighted by atomic mass is 10.2. The highest BCUT2D eigenvalue weighted by Crippen LogP contribution is 2.25. The molecule has 0 atom stereocenters. The van der Waals surface area contributed by atoms with Crippen LogP contribution in [0.3, 0.4) is 0 Å². The second-order valence-corrected chi connectivity index (χ2v) is 4.32. The van der Waals surface area contributed by atoms with Crippen LogP contribution in [0, 0.1) is 0 Å². The van der Waals surface area contributed by atoms with Crippen molar-refractivity contribution >= 4 is 23.4 Å². The summed E-state index contributed by atoms with van der Waals surface area (Å²) in [6.07, 6.45) is 0. The molecule has 0 unspecified atom stereocenters. The van der Waals surface area contributed by atoms with Crippen LogP contribution in [-0.4, -0.2) is 24.6 Å². The maximum absolute atomic E-state index is 9.10. The van der Waals surface area contributed by atoms with Crippen LogP contribution in [0.15, 0.2) is 23.1 Å². The predicted octanol–water partition coefficient (Wildman–Crippen LogP) is 2.57. The summed E-state index contributed by atoms with van der Waals surface area (Å²) in [5, 5.41) is 9.75. The van der Waals surface area contributed by atoms with Gasteiger partial charge in [-0.1, -0.05) is 11.6 Å². The summed E-state index contributed by atoms with van der Waals surface area (Å²) in [6.45, 7) is 0.730. The summed E-state index contributed by atoms with van der Waals surface area (Å²) in [4.78, 5) is 1.06. The van der Waals surface area contributed by atoms with Crippen molar-refractivity contribution in [2.75, 3.05) is 19.5 Å². The van der Waals surface area contributed by atoms with Gasteiger partial charge >= 0.3 is 0 Å². The van der Waals surface area contributed by atoms with E-state index in [2.05, 4.69) is 0 Å². The van der Waals surface area contributed by atoms with Crippen LogP contribution in [0.25, 0.3) is 0 Å². The Kier molecular flexibility index (Phi) is 5.33. The Bertz CT molecular complexity index is 291. The van der Waals surface area contributed by atoms with Gasteiger partial charge in [0.25, 0.3) is 0 Å². The summed E-state index contributed by atoms with van der Waals surface area (Å²) in [6, 6.07) is 5.54. The number of ether oxygens (including phenoxy) is 1. The Morgan fingerprint density at radius 2 is 2.29 bits per heavy atom. The fraction of sp³-hybridized carbons (Fsp3) is 0.400. The standard InChI is InChI=1S/C10H13ClO2S/c1-13-4-5-14-10-3-2-9(11)6-8(10)7-12/h2-3,6,12H,4-5,7H2,1H3. The first-order valence-electron chi connectivity index (χ1n) is 4.29. The molecule has 0 amide bonds. The van der Waals surface area contributed by atoms with Gasteiger partial charge in [-0.05, 0) is 23.8 Å². The molecule has 0 aliphatic heterocycles. The highest BCUT2D eigenvalue weighted by atomic mass is 35.5. The van der Waals surface area contributed by atoms with Crippen LogP contribution in [0.4, 0.5) is 0 Å². The van der Waals surface area contributed by atoms with E-state index in [-0.39, 0.29) is 6.61 Å². The molecule has 0 aliphatic carbocycles. The number of rotatable bonds is 5. The minimum Gasteiger partial charge on any atom is -0.392 e. The van der Waals surface area contributed by atoms with Gasteiger partial charge in [0.2, 0.25) is 0 Å². The highest BCUT2D eigenvalue weighted by Gasteiger charge is 2.02. The Balaban J connectivity index is 2.65. The molecule has 1 N–H and O–H groups in total. The average molecular weight is 233 g/mol. The molecule has 1 aromatic carbocycles. The molecule has 0 heterocycles. The third kappa shape index (κ3) is 3.50. The highest BCUT2D eigenvalue weighted by molar-refractivity contribution is 7.99. The zero-order valence-corrected chi connectivity index (χ0v) is 9.57. The largest absolute Gasteiger partial charge is 0.392 e. The van der Waals surface area contributed by atoms with E-state index in [0.29, 0.717) is 11.6 Å². The van der Waals surface area contributed by atoms with E-state index in [9.17, 15) is 0 Å². The molecule has 0 radical (unpaired) electrons. The molecule has 2 nitrogen and oxygen atoms in total. The summed E-state index contributed by atoms with van der Waals surface area (Å²) in [5.41, 5.74) is 0.874. The Labute approximate surface area is 93.2 Å². The van der Waals surface area contributed by atoms with E-state index < -0.39 is 0 Å². The van der Waals surface area contributed by atoms with Crippen LogP contribution in [0.5, 0.6) is 0 Å². The van der Waals surface area contributed by atoms with Crippen LogP contribution < -0.4 is 0 Å². The molecule has 14 heavy (non-hydrogen) atoms. The molecule has 4 heteroatoms. The van der Waals surface area contributed by atoms with E-state index in [1.165, 1.54) is 0 Å². The van der Waals surface area contributed by atoms with E-state index >= 15 is 0 Å². The fourth-order valence-corrected chi connectivity index (χ4v) is 2.19. The number of benzene rings is 1. The lowest BCUT2D eigenvalue weighted by Gasteiger charge is -2.06. The van der Waals surface area contributed by atoms with Crippen molar-refractivity contribution in [2.24, 2.45) is 0 Å². The normalized spacial score (nSPS) is 10.5. The molecule has 1 aromatic rings. The van der Waals surface area contributed by atoms with Gasteiger partial charge in [-0.3, -0.25) is 0 Å². The average Bonchev–Trinajstić information content (AvgIpc) is 2.20. The van der Waals surface area contributed by atoms with Crippen LogP contribution in [0.2, 0.25) is 5.02 Å². The third-order valence-corrected chi connectivity index (χ3v) is 3.05. The number of halogens is 1. The summed E-state index contributed by atoms with van der Waals surface area (Å²) in [5.74, 6) is 0.880. The van der Waals surface area contributed by atoms with Gasteiger partial charge in [-0.25, -0.2) is 0 Å². The SMILES string of the molecule is COCCSc1ccc(Cl)cc1CO. The van der Waals surface area contributed by atoms with Crippen molar-refractivity contribution in [3.8, 4) is 0 Å². The lowest BCUT2D eigenvalue weighted by Crippen LogP contribution is -1.93. The predicted molar refractivity (Wildman–Crippen MR) is 60.0 cm³/mol. The van der Waals surface area contributed by atoms with E-state index in [1.807, 2.05) is 12.1 Å². The molecule has 0 fully saturated rings. The Morgan fingerprint density at radius 3 is 2.93 bits per heavy atom. The lowest BCUT2D eigenvalue weighted by molar-refractivity contribution is 0.218. The Morgan fingerprint density at radius 1 is 1.50 bits per heavy atom. The molecular formula is C10H13ClO2S. The number of hydrogen-bond acceptors (Lipinski definition) is 3. The maximum Gasteiger partial charge on any atom is 0.0693 e. The third-order valence-electron chi connectivity index (χ3n) is 1.74. The summed E-state index contributed by atoms with van der Waals surface area (Å²) < 4.78 is 4.95. The molecular weight excluding hydrogens is 220 g/mol. The monoisotopic (exact) mass is 232 g/mol. The van der Waals surface area contributed by atoms with Crippen LogP contribution in [-0.2, 0) is 11.3 Å². The van der Waals surface area contributed by atoms with Crippen molar-refractivity contribution in [3.63, 3.8) is 0 Å². The zero-order chi connectivity index (χ0) is 10.4. The minimum atomic E-state index is 0.0237. The number of aliphatic hydroxyl groups is 1. The second-order valence-electron chi connectivity index (χ2n) is 2.75. The Hall–Kier alpha value is -0.220. The van der Waals surface area contributed by atoms with Crippen molar-refractivity contribution in [1.29, 1.82) is 0 Å². The van der Waals surface area contributed by atoms with Crippen LogP contribution in [0.1, 0.15) is 5.56 Å². The first-order valence-corrected chi connectivity index (χ1v) is 5.65. The molecule has 0 bridgehead atoms. The van der Waals surface area contributed by atoms with Crippen molar-refractivity contribution in [3.05, 3.63) is 28.8 Å². The van der Waals surface area contributed by atoms with Crippen molar-refractivity contribution in [1.82, 2.24) is 0 Å². The van der Waals surface area contributed by atoms with E-state index in [1.54, 1.807) is 24.9 Å². The fourth-order valence-electron chi connectivity index (χ4n) is 1.05. The van der Waals surface area contributed by atoms with Gasteiger partial charge < -0.3 is 9.84 Å². The number of methoxy groups -OCH3 is 1. The molecule has 0 spiro atoms. The topological polar surface area (TPSA) is 29.5 Å². The summed E-state index contributed by atoms with van der Waals surface area (Å²) in [7, 11) is 1.68.